The van der Waals surface area contributed by atoms with Crippen molar-refractivity contribution in [3.63, 3.8) is 0 Å². The van der Waals surface area contributed by atoms with Crippen molar-refractivity contribution in [1.29, 1.82) is 0 Å². The number of rotatable bonds is 3. The van der Waals surface area contributed by atoms with Crippen molar-refractivity contribution >= 4 is 23.4 Å². The smallest absolute Gasteiger partial charge is 0.286 e. The van der Waals surface area contributed by atoms with Crippen LogP contribution in [-0.4, -0.2) is 35.5 Å². The maximum absolute atomic E-state index is 13.2. The first-order chi connectivity index (χ1) is 13.7. The Labute approximate surface area is 162 Å². The molecule has 5 nitrogen and oxygen atoms in total. The van der Waals surface area contributed by atoms with Crippen molar-refractivity contribution in [1.82, 2.24) is 4.90 Å². The summed E-state index contributed by atoms with van der Waals surface area (Å²) in [4.78, 5) is 39.1. The minimum absolute atomic E-state index is 0.0750. The number of carbonyl (C=O) groups is 3. The van der Waals surface area contributed by atoms with Crippen molar-refractivity contribution in [3.8, 4) is 0 Å². The van der Waals surface area contributed by atoms with Gasteiger partial charge in [-0.2, -0.15) is 13.2 Å². The van der Waals surface area contributed by atoms with E-state index >= 15 is 0 Å². The first-order valence-corrected chi connectivity index (χ1v) is 9.36. The minimum atomic E-state index is -5.21. The lowest BCUT2D eigenvalue weighted by molar-refractivity contribution is -0.171. The van der Waals surface area contributed by atoms with Crippen LogP contribution in [0, 0.1) is 41.3 Å². The Kier molecular flexibility index (Phi) is 3.73. The molecule has 4 aliphatic carbocycles. The highest BCUT2D eigenvalue weighted by atomic mass is 19.4. The fraction of sp³-hybridized carbons (Fsp3) is 0.450. The van der Waals surface area contributed by atoms with Crippen LogP contribution in [-0.2, 0) is 14.4 Å². The van der Waals surface area contributed by atoms with E-state index in [-0.39, 0.29) is 17.5 Å². The van der Waals surface area contributed by atoms with Crippen LogP contribution in [0.15, 0.2) is 36.4 Å². The van der Waals surface area contributed by atoms with Gasteiger partial charge in [0.15, 0.2) is 0 Å². The maximum atomic E-state index is 13.2. The van der Waals surface area contributed by atoms with Crippen LogP contribution in [0.2, 0.25) is 0 Å². The summed E-state index contributed by atoms with van der Waals surface area (Å²) in [6.07, 6.45) is -0.347. The lowest BCUT2D eigenvalue weighted by Gasteiger charge is -2.37. The van der Waals surface area contributed by atoms with Gasteiger partial charge in [0.25, 0.3) is 0 Å². The quantitative estimate of drug-likeness (QED) is 0.439. The molecule has 3 amide bonds. The van der Waals surface area contributed by atoms with Gasteiger partial charge in [-0.05, 0) is 54.4 Å². The summed E-state index contributed by atoms with van der Waals surface area (Å²) in [5.74, 6) is -4.56. The van der Waals surface area contributed by atoms with Crippen LogP contribution in [0.4, 0.5) is 23.2 Å². The summed E-state index contributed by atoms with van der Waals surface area (Å²) in [6, 6.07) is 3.85. The van der Waals surface area contributed by atoms with Gasteiger partial charge >= 0.3 is 12.1 Å². The highest BCUT2D eigenvalue weighted by molar-refractivity contribution is 6.07. The number of allylic oxidation sites excluding steroid dienone is 2. The Bertz CT molecular complexity index is 906. The van der Waals surface area contributed by atoms with E-state index in [1.807, 2.05) is 12.2 Å². The second-order valence-electron chi connectivity index (χ2n) is 8.11. The molecule has 0 spiro atoms. The zero-order valence-corrected chi connectivity index (χ0v) is 15.0. The van der Waals surface area contributed by atoms with Gasteiger partial charge in [0.1, 0.15) is 12.5 Å². The van der Waals surface area contributed by atoms with E-state index in [1.165, 1.54) is 0 Å². The van der Waals surface area contributed by atoms with E-state index in [1.54, 1.807) is 0 Å². The predicted octanol–water partition coefficient (Wildman–Crippen LogP) is 2.73. The van der Waals surface area contributed by atoms with Crippen LogP contribution in [0.3, 0.4) is 0 Å². The maximum Gasteiger partial charge on any atom is 0.471 e. The van der Waals surface area contributed by atoms with Crippen molar-refractivity contribution in [3.05, 3.63) is 42.2 Å². The first-order valence-electron chi connectivity index (χ1n) is 9.36. The number of nitrogens with zero attached hydrogens (tertiary/aromatic N) is 2. The molecule has 3 fully saturated rings. The zero-order valence-electron chi connectivity index (χ0n) is 15.0. The number of anilines is 1. The summed E-state index contributed by atoms with van der Waals surface area (Å²) in [6.45, 7) is -0.844. The normalized spacial score (nSPS) is 34.3. The van der Waals surface area contributed by atoms with Crippen LogP contribution < -0.4 is 4.90 Å². The highest BCUT2D eigenvalue weighted by Gasteiger charge is 2.67. The minimum Gasteiger partial charge on any atom is -0.286 e. The Morgan fingerprint density at radius 1 is 1.00 bits per heavy atom. The van der Waals surface area contributed by atoms with Gasteiger partial charge in [-0.1, -0.05) is 12.2 Å². The average molecular weight is 408 g/mol. The van der Waals surface area contributed by atoms with Gasteiger partial charge in [-0.3, -0.25) is 24.2 Å². The molecular formula is C20H16F4N2O3. The van der Waals surface area contributed by atoms with Gasteiger partial charge in [0.05, 0.1) is 11.8 Å². The number of alkyl halides is 3. The number of carbonyl (C=O) groups excluding carboxylic acids is 3. The van der Waals surface area contributed by atoms with E-state index in [0.717, 1.165) is 35.6 Å². The van der Waals surface area contributed by atoms with E-state index in [4.69, 9.17) is 0 Å². The Hall–Kier alpha value is -2.71. The monoisotopic (exact) mass is 408 g/mol. The molecule has 1 saturated heterocycles. The van der Waals surface area contributed by atoms with Crippen LogP contribution >= 0.6 is 0 Å². The molecule has 1 heterocycles. The zero-order chi connectivity index (χ0) is 20.7. The van der Waals surface area contributed by atoms with Crippen molar-refractivity contribution in [2.45, 2.75) is 12.6 Å². The molecule has 0 unspecified atom stereocenters. The van der Waals surface area contributed by atoms with Crippen molar-refractivity contribution in [2.75, 3.05) is 11.6 Å². The second-order valence-corrected chi connectivity index (χ2v) is 8.11. The average Bonchev–Trinajstić information content (AvgIpc) is 3.46. The Balaban J connectivity index is 1.46. The van der Waals surface area contributed by atoms with Gasteiger partial charge in [-0.15, -0.1) is 0 Å². The molecule has 2 bridgehead atoms. The number of likely N-dealkylation sites (tertiary alicyclic amines) is 1. The van der Waals surface area contributed by atoms with Gasteiger partial charge in [0, 0.05) is 5.69 Å². The number of halogens is 4. The predicted molar refractivity (Wildman–Crippen MR) is 91.4 cm³/mol. The van der Waals surface area contributed by atoms with E-state index in [0.29, 0.717) is 16.7 Å². The largest absolute Gasteiger partial charge is 0.471 e. The third-order valence-corrected chi connectivity index (χ3v) is 6.66. The number of hydrogen-bond donors (Lipinski definition) is 0. The third-order valence-electron chi connectivity index (χ3n) is 6.66. The standard InChI is InChI=1S/C20H16F4N2O3/c21-9-1-3-10(4-2-9)25(19(29)20(22,23)24)8-26-17(27)15-11-5-6-12(14-7-13(11)14)16(15)18(26)28/h1-6,11-16H,7-8H2/t11-,12-,13-,14-,15-,16+/m1/s1. The molecule has 0 N–H and O–H groups in total. The molecule has 6 atom stereocenters. The lowest BCUT2D eigenvalue weighted by atomic mass is 9.63. The highest BCUT2D eigenvalue weighted by Crippen LogP contribution is 2.65. The molecule has 1 aliphatic heterocycles. The van der Waals surface area contributed by atoms with E-state index in [2.05, 4.69) is 0 Å². The first kappa shape index (κ1) is 18.3. The molecule has 1 aromatic rings. The third kappa shape index (κ3) is 2.63. The summed E-state index contributed by atoms with van der Waals surface area (Å²) in [5, 5.41) is 0. The summed E-state index contributed by atoms with van der Waals surface area (Å²) < 4.78 is 52.7. The molecule has 152 valence electrons. The molecule has 0 aromatic heterocycles. The van der Waals surface area contributed by atoms with Crippen LogP contribution in [0.25, 0.3) is 0 Å². The molecule has 2 saturated carbocycles. The number of amides is 3. The van der Waals surface area contributed by atoms with Crippen LogP contribution in [0.5, 0.6) is 0 Å². The van der Waals surface area contributed by atoms with Gasteiger partial charge in [-0.25, -0.2) is 4.39 Å². The topological polar surface area (TPSA) is 57.7 Å². The second kappa shape index (κ2) is 5.90. The molecule has 9 heteroatoms. The van der Waals surface area contributed by atoms with E-state index in [9.17, 15) is 31.9 Å². The van der Waals surface area contributed by atoms with Crippen molar-refractivity contribution in [2.24, 2.45) is 35.5 Å². The molecule has 29 heavy (non-hydrogen) atoms. The summed E-state index contributed by atoms with van der Waals surface area (Å²) >= 11 is 0. The fourth-order valence-corrected chi connectivity index (χ4v) is 5.34. The number of imide groups is 1. The summed E-state index contributed by atoms with van der Waals surface area (Å²) in [7, 11) is 0. The molecule has 6 rings (SSSR count). The van der Waals surface area contributed by atoms with Gasteiger partial charge in [0.2, 0.25) is 11.8 Å². The number of hydrogen-bond acceptors (Lipinski definition) is 3. The van der Waals surface area contributed by atoms with E-state index < -0.39 is 48.2 Å². The Morgan fingerprint density at radius 3 is 2.00 bits per heavy atom. The molecule has 5 aliphatic rings. The van der Waals surface area contributed by atoms with Crippen molar-refractivity contribution < 1.29 is 31.9 Å². The molecular weight excluding hydrogens is 392 g/mol. The van der Waals surface area contributed by atoms with Crippen LogP contribution in [0.1, 0.15) is 6.42 Å². The lowest BCUT2D eigenvalue weighted by Crippen LogP contribution is -2.49. The SMILES string of the molecule is O=C1[C@@H]2[C@@H]3C=C[C@H]([C@H]4C[C@H]34)[C@@H]2C(=O)N1CN(C(=O)C(F)(F)F)c1ccc(F)cc1. The molecule has 1 aromatic carbocycles. The Morgan fingerprint density at radius 2 is 1.52 bits per heavy atom. The number of benzene rings is 1. The summed E-state index contributed by atoms with van der Waals surface area (Å²) in [5.41, 5.74) is -0.242. The van der Waals surface area contributed by atoms with Gasteiger partial charge < -0.3 is 0 Å². The molecule has 0 radical (unpaired) electrons. The fourth-order valence-electron chi connectivity index (χ4n) is 5.34.